The van der Waals surface area contributed by atoms with Gasteiger partial charge in [-0.3, -0.25) is 43.2 Å². The molecule has 0 radical (unpaired) electrons. The van der Waals surface area contributed by atoms with Crippen LogP contribution in [0.2, 0.25) is 0 Å². The van der Waals surface area contributed by atoms with Crippen molar-refractivity contribution in [3.8, 4) is 0 Å². The van der Waals surface area contributed by atoms with Crippen LogP contribution < -0.4 is 43.0 Å². The zero-order valence-corrected chi connectivity index (χ0v) is 34.5. The van der Waals surface area contributed by atoms with E-state index in [1.165, 1.54) is 6.92 Å². The summed E-state index contributed by atoms with van der Waals surface area (Å²) in [4.78, 5) is 128. The Morgan fingerprint density at radius 1 is 0.869 bits per heavy atom. The number of aliphatic hydroxyl groups is 3. The molecule has 0 saturated carbocycles. The summed E-state index contributed by atoms with van der Waals surface area (Å²) in [6, 6.07) is -0.899. The molecule has 1 saturated heterocycles. The summed E-state index contributed by atoms with van der Waals surface area (Å²) in [6.07, 6.45) is -3.94. The van der Waals surface area contributed by atoms with Gasteiger partial charge in [-0.15, -0.1) is 0 Å². The number of amides is 9. The van der Waals surface area contributed by atoms with Gasteiger partial charge in [-0.05, 0) is 17.5 Å². The Bertz CT molecular complexity index is 2050. The second-order valence-corrected chi connectivity index (χ2v) is 16.5. The molecule has 5 rings (SSSR count). The van der Waals surface area contributed by atoms with Crippen molar-refractivity contribution in [1.82, 2.24) is 47.1 Å². The van der Waals surface area contributed by atoms with E-state index in [0.717, 1.165) is 16.7 Å². The second-order valence-electron chi connectivity index (χ2n) is 15.4. The van der Waals surface area contributed by atoms with Crippen LogP contribution >= 0.6 is 11.8 Å². The highest BCUT2D eigenvalue weighted by molar-refractivity contribution is 8.00. The summed E-state index contributed by atoms with van der Waals surface area (Å²) in [5.74, 6) is -10.1. The van der Waals surface area contributed by atoms with Gasteiger partial charge in [0.05, 0.1) is 43.4 Å². The van der Waals surface area contributed by atoms with Crippen LogP contribution in [0.15, 0.2) is 29.3 Å². The standard InChI is InChI=1S/C38H52N10O12S/c1-4-16(2)29-33(57)41-13-28(54)46-37-35(59)43-23(11-26(39)52)38(60)48-14-18(50)9-24(48)32(56)47-30(17(3)25(51)15-49)34(58)42-22(31(55)40-12-27(53)45-29)10-20-19-7-5-6-8-21(19)44-36(20)61-37/h5-8,16-18,22-25,29-30,37,44,49-51H,4,9-15H2,1-3H3,(H2,39,52)(H,40,55)(H,41,57)(H,42,58)(H,43,59)(H,45,53)(H,46,54)(H,47,56)/t16-,17-,18+,22-,23?,24-,25-,29-,30-,37-/m0/s1. The molecule has 10 atom stereocenters. The number of primary amides is 1. The first-order valence-corrected chi connectivity index (χ1v) is 20.7. The molecule has 4 heterocycles. The fraction of sp³-hybridized carbons (Fsp3) is 0.553. The van der Waals surface area contributed by atoms with E-state index in [0.29, 0.717) is 22.9 Å². The summed E-state index contributed by atoms with van der Waals surface area (Å²) in [7, 11) is 0. The second kappa shape index (κ2) is 20.2. The van der Waals surface area contributed by atoms with E-state index >= 15 is 0 Å². The van der Waals surface area contributed by atoms with Gasteiger partial charge in [0.1, 0.15) is 30.2 Å². The predicted octanol–water partition coefficient (Wildman–Crippen LogP) is -4.68. The largest absolute Gasteiger partial charge is 0.394 e. The quantitative estimate of drug-likeness (QED) is 0.125. The summed E-state index contributed by atoms with van der Waals surface area (Å²) < 4.78 is 0. The molecule has 1 aromatic heterocycles. The molecule has 1 aromatic carbocycles. The van der Waals surface area contributed by atoms with Gasteiger partial charge in [0.25, 0.3) is 5.91 Å². The normalized spacial score (nSPS) is 27.9. The number of H-pyrrole nitrogens is 1. The van der Waals surface area contributed by atoms with Gasteiger partial charge in [-0.25, -0.2) is 0 Å². The highest BCUT2D eigenvalue weighted by atomic mass is 32.2. The summed E-state index contributed by atoms with van der Waals surface area (Å²) in [5, 5.41) is 47.9. The highest BCUT2D eigenvalue weighted by Gasteiger charge is 2.45. The van der Waals surface area contributed by atoms with E-state index in [4.69, 9.17) is 5.73 Å². The number of benzene rings is 1. The van der Waals surface area contributed by atoms with Gasteiger partial charge >= 0.3 is 0 Å². The van der Waals surface area contributed by atoms with E-state index in [-0.39, 0.29) is 17.9 Å². The molecule has 13 N–H and O–H groups in total. The number of nitrogens with one attached hydrogen (secondary N) is 8. The first-order valence-electron chi connectivity index (χ1n) is 19.8. The van der Waals surface area contributed by atoms with Crippen molar-refractivity contribution in [3.05, 3.63) is 29.8 Å². The SMILES string of the molecule is CC[C@H](C)[C@@H]1NC(=O)CNC(=O)[C@@H]2Cc3c([nH]c4ccccc34)S[C@H](NC(=O)CNC1=O)C(=O)NC(CC(N)=O)C(=O)N1C[C@H](O)C[C@H]1C(=O)N[C@@H]([C@@H](C)[C@@H](O)CO)C(=O)N2. The van der Waals surface area contributed by atoms with Gasteiger partial charge in [0, 0.05) is 36.2 Å². The van der Waals surface area contributed by atoms with E-state index in [9.17, 15) is 58.5 Å². The molecule has 1 fully saturated rings. The summed E-state index contributed by atoms with van der Waals surface area (Å²) in [5.41, 5.74) is 6.34. The lowest BCUT2D eigenvalue weighted by Crippen LogP contribution is -2.61. The number of thioether (sulfide) groups is 1. The minimum Gasteiger partial charge on any atom is -0.394 e. The predicted molar refractivity (Wildman–Crippen MR) is 215 cm³/mol. The van der Waals surface area contributed by atoms with Crippen molar-refractivity contribution in [2.45, 2.75) is 99.3 Å². The summed E-state index contributed by atoms with van der Waals surface area (Å²) >= 11 is 0.730. The molecule has 0 aliphatic carbocycles. The van der Waals surface area contributed by atoms with E-state index in [1.807, 2.05) is 0 Å². The molecular weight excluding hydrogens is 821 g/mol. The third kappa shape index (κ3) is 11.1. The molecule has 3 aliphatic rings. The van der Waals surface area contributed by atoms with E-state index in [1.54, 1.807) is 38.1 Å². The highest BCUT2D eigenvalue weighted by Crippen LogP contribution is 2.33. The van der Waals surface area contributed by atoms with Crippen molar-refractivity contribution in [3.63, 3.8) is 0 Å². The van der Waals surface area contributed by atoms with Crippen LogP contribution in [0.3, 0.4) is 0 Å². The van der Waals surface area contributed by atoms with Crippen LogP contribution in [0.1, 0.15) is 45.6 Å². The maximum absolute atomic E-state index is 14.4. The lowest BCUT2D eigenvalue weighted by molar-refractivity contribution is -0.143. The van der Waals surface area contributed by atoms with Crippen molar-refractivity contribution >= 4 is 75.8 Å². The molecule has 1 unspecified atom stereocenters. The number of hydrogen-bond donors (Lipinski definition) is 12. The minimum atomic E-state index is -1.74. The molecule has 61 heavy (non-hydrogen) atoms. The van der Waals surface area contributed by atoms with Crippen LogP contribution in [0.25, 0.3) is 10.9 Å². The van der Waals surface area contributed by atoms with Gasteiger partial charge < -0.3 is 68.2 Å². The number of aromatic amines is 1. The van der Waals surface area contributed by atoms with E-state index < -0.39 is 145 Å². The van der Waals surface area contributed by atoms with Crippen molar-refractivity contribution < 1.29 is 58.5 Å². The number of rotatable bonds is 7. The zero-order valence-electron chi connectivity index (χ0n) is 33.7. The fourth-order valence-corrected chi connectivity index (χ4v) is 8.45. The maximum atomic E-state index is 14.4. The fourth-order valence-electron chi connectivity index (χ4n) is 7.34. The smallest absolute Gasteiger partial charge is 0.254 e. The third-order valence-corrected chi connectivity index (χ3v) is 12.2. The Kier molecular flexibility index (Phi) is 15.3. The number of aliphatic hydroxyl groups excluding tert-OH is 3. The molecule has 22 nitrogen and oxygen atoms in total. The lowest BCUT2D eigenvalue weighted by Gasteiger charge is -2.32. The van der Waals surface area contributed by atoms with Crippen molar-refractivity contribution in [1.29, 1.82) is 0 Å². The average molecular weight is 873 g/mol. The summed E-state index contributed by atoms with van der Waals surface area (Å²) in [6.45, 7) is 2.16. The molecule has 0 spiro atoms. The Morgan fingerprint density at radius 3 is 2.21 bits per heavy atom. The number of fused-ring (bicyclic) bond motifs is 4. The van der Waals surface area contributed by atoms with Crippen molar-refractivity contribution in [2.75, 3.05) is 26.2 Å². The lowest BCUT2D eigenvalue weighted by atomic mass is 9.94. The average Bonchev–Trinajstić information content (AvgIpc) is 3.79. The first kappa shape index (κ1) is 46.3. The molecule has 332 valence electrons. The monoisotopic (exact) mass is 872 g/mol. The molecule has 2 aromatic rings. The van der Waals surface area contributed by atoms with Gasteiger partial charge in [0.15, 0.2) is 5.37 Å². The van der Waals surface area contributed by atoms with Crippen LogP contribution in [0.5, 0.6) is 0 Å². The van der Waals surface area contributed by atoms with Crippen LogP contribution in [0.4, 0.5) is 0 Å². The van der Waals surface area contributed by atoms with Crippen LogP contribution in [-0.4, -0.2) is 152 Å². The molecule has 2 bridgehead atoms. The molecule has 9 amide bonds. The number of carbonyl (C=O) groups is 9. The Labute approximate surface area is 353 Å². The zero-order chi connectivity index (χ0) is 44.7. The third-order valence-electron chi connectivity index (χ3n) is 11.0. The molecule has 3 aliphatic heterocycles. The first-order chi connectivity index (χ1) is 28.9. The van der Waals surface area contributed by atoms with Crippen LogP contribution in [0, 0.1) is 11.8 Å². The minimum absolute atomic E-state index is 0.190. The number of para-hydroxylation sites is 1. The number of aromatic nitrogens is 1. The molecule has 23 heteroatoms. The van der Waals surface area contributed by atoms with Crippen molar-refractivity contribution in [2.24, 2.45) is 17.6 Å². The number of carbonyl (C=O) groups excluding carboxylic acids is 9. The Morgan fingerprint density at radius 2 is 1.54 bits per heavy atom. The maximum Gasteiger partial charge on any atom is 0.254 e. The van der Waals surface area contributed by atoms with Gasteiger partial charge in [-0.2, -0.15) is 0 Å². The molecular formula is C38H52N10O12S. The Hall–Kier alpha value is -5.78. The van der Waals surface area contributed by atoms with E-state index in [2.05, 4.69) is 42.2 Å². The van der Waals surface area contributed by atoms with Gasteiger partial charge in [-0.1, -0.05) is 57.2 Å². The topological polar surface area (TPSA) is 344 Å². The number of hydrogen-bond acceptors (Lipinski definition) is 13. The number of nitrogens with zero attached hydrogens (tertiary/aromatic N) is 1. The Balaban J connectivity index is 1.71. The van der Waals surface area contributed by atoms with Gasteiger partial charge in [0.2, 0.25) is 47.3 Å². The van der Waals surface area contributed by atoms with Crippen LogP contribution in [-0.2, 0) is 49.6 Å². The number of nitrogens with two attached hydrogens (primary N) is 1.